The van der Waals surface area contributed by atoms with Gasteiger partial charge < -0.3 is 21.9 Å². The van der Waals surface area contributed by atoms with Crippen molar-refractivity contribution in [1.82, 2.24) is 0 Å². The molecule has 1 aromatic rings. The molecule has 6 N–H and O–H groups in total. The summed E-state index contributed by atoms with van der Waals surface area (Å²) in [5.74, 6) is -0.845. The molecular formula is C11H15N5O2. The lowest BCUT2D eigenvalue weighted by molar-refractivity contribution is 0.0601. The number of nitrogens with two attached hydrogens (primary N) is 3. The highest BCUT2D eigenvalue weighted by atomic mass is 16.5. The largest absolute Gasteiger partial charge is 0.465 e. The number of rotatable bonds is 2. The minimum atomic E-state index is -0.505. The number of nitrogens with zero attached hydrogens (tertiary/aromatic N) is 2. The monoisotopic (exact) mass is 249 g/mol. The van der Waals surface area contributed by atoms with Gasteiger partial charge in [-0.15, -0.1) is 0 Å². The number of carbonyl (C=O) groups excluding carboxylic acids is 1. The van der Waals surface area contributed by atoms with Crippen LogP contribution in [-0.2, 0) is 4.74 Å². The van der Waals surface area contributed by atoms with Crippen molar-refractivity contribution < 1.29 is 9.53 Å². The molecule has 0 aromatic heterocycles. The highest BCUT2D eigenvalue weighted by Crippen LogP contribution is 2.21. The van der Waals surface area contributed by atoms with E-state index < -0.39 is 5.97 Å². The molecule has 96 valence electrons. The number of aryl methyl sites for hydroxylation is 1. The summed E-state index contributed by atoms with van der Waals surface area (Å²) in [7, 11) is 1.29. The van der Waals surface area contributed by atoms with Gasteiger partial charge in [0.05, 0.1) is 18.4 Å². The van der Waals surface area contributed by atoms with Crippen molar-refractivity contribution in [2.45, 2.75) is 6.92 Å². The molecule has 7 nitrogen and oxygen atoms in total. The number of hydrogen-bond donors (Lipinski definition) is 3. The molecule has 0 spiro atoms. The molecule has 0 saturated carbocycles. The summed E-state index contributed by atoms with van der Waals surface area (Å²) in [5, 5.41) is 0. The van der Waals surface area contributed by atoms with Crippen LogP contribution in [0.2, 0.25) is 0 Å². The average Bonchev–Trinajstić information content (AvgIpc) is 2.29. The van der Waals surface area contributed by atoms with Crippen molar-refractivity contribution in [3.05, 3.63) is 29.3 Å². The Kier molecular flexibility index (Phi) is 4.25. The molecule has 0 radical (unpaired) electrons. The lowest BCUT2D eigenvalue weighted by Crippen LogP contribution is -2.26. The first-order valence-corrected chi connectivity index (χ1v) is 5.06. The Morgan fingerprint density at radius 1 is 1.28 bits per heavy atom. The van der Waals surface area contributed by atoms with Gasteiger partial charge in [0.1, 0.15) is 0 Å². The van der Waals surface area contributed by atoms with E-state index in [1.807, 2.05) is 6.92 Å². The topological polar surface area (TPSA) is 129 Å². The highest BCUT2D eigenvalue weighted by Gasteiger charge is 2.11. The maximum atomic E-state index is 11.6. The van der Waals surface area contributed by atoms with Gasteiger partial charge in [0.25, 0.3) is 0 Å². The van der Waals surface area contributed by atoms with E-state index in [9.17, 15) is 4.79 Å². The van der Waals surface area contributed by atoms with Gasteiger partial charge in [0, 0.05) is 0 Å². The number of guanidine groups is 2. The van der Waals surface area contributed by atoms with Crippen LogP contribution < -0.4 is 17.2 Å². The van der Waals surface area contributed by atoms with Crippen LogP contribution in [-0.4, -0.2) is 25.0 Å². The molecule has 0 atom stereocenters. The van der Waals surface area contributed by atoms with Crippen LogP contribution >= 0.6 is 0 Å². The third-order valence-corrected chi connectivity index (χ3v) is 2.04. The fourth-order valence-electron chi connectivity index (χ4n) is 1.30. The zero-order chi connectivity index (χ0) is 13.7. The van der Waals surface area contributed by atoms with Gasteiger partial charge in [-0.2, -0.15) is 4.99 Å². The Morgan fingerprint density at radius 3 is 2.50 bits per heavy atom. The Morgan fingerprint density at radius 2 is 1.94 bits per heavy atom. The molecular weight excluding hydrogens is 234 g/mol. The Balaban J connectivity index is 3.24. The maximum absolute atomic E-state index is 11.6. The van der Waals surface area contributed by atoms with Crippen molar-refractivity contribution in [3.8, 4) is 0 Å². The predicted molar refractivity (Wildman–Crippen MR) is 69.6 cm³/mol. The van der Waals surface area contributed by atoms with E-state index in [0.29, 0.717) is 11.3 Å². The molecule has 18 heavy (non-hydrogen) atoms. The zero-order valence-corrected chi connectivity index (χ0v) is 10.2. The van der Waals surface area contributed by atoms with Crippen LogP contribution in [0.3, 0.4) is 0 Å². The molecule has 0 unspecified atom stereocenters. The van der Waals surface area contributed by atoms with Gasteiger partial charge in [-0.1, -0.05) is 11.6 Å². The first kappa shape index (κ1) is 13.5. The number of esters is 1. The van der Waals surface area contributed by atoms with Crippen LogP contribution in [0.25, 0.3) is 0 Å². The van der Waals surface area contributed by atoms with Crippen molar-refractivity contribution in [3.63, 3.8) is 0 Å². The Bertz CT molecular complexity index is 518. The number of ether oxygens (including phenoxy) is 1. The quantitative estimate of drug-likeness (QED) is 0.386. The lowest BCUT2D eigenvalue weighted by Gasteiger charge is -2.05. The van der Waals surface area contributed by atoms with Gasteiger partial charge >= 0.3 is 5.97 Å². The molecule has 0 aliphatic carbocycles. The molecule has 0 aliphatic heterocycles. The van der Waals surface area contributed by atoms with E-state index in [1.54, 1.807) is 18.2 Å². The normalized spacial score (nSPS) is 10.9. The van der Waals surface area contributed by atoms with Crippen molar-refractivity contribution >= 4 is 23.6 Å². The van der Waals surface area contributed by atoms with Crippen molar-refractivity contribution in [2.24, 2.45) is 27.2 Å². The second-order valence-electron chi connectivity index (χ2n) is 3.52. The molecule has 0 heterocycles. The van der Waals surface area contributed by atoms with Gasteiger partial charge in [0.15, 0.2) is 5.96 Å². The second-order valence-corrected chi connectivity index (χ2v) is 3.52. The lowest BCUT2D eigenvalue weighted by atomic mass is 10.1. The van der Waals surface area contributed by atoms with E-state index in [-0.39, 0.29) is 11.9 Å². The van der Waals surface area contributed by atoms with Gasteiger partial charge in [0.2, 0.25) is 5.96 Å². The molecule has 1 rings (SSSR count). The summed E-state index contributed by atoms with van der Waals surface area (Å²) in [6.45, 7) is 1.85. The van der Waals surface area contributed by atoms with E-state index in [0.717, 1.165) is 5.56 Å². The highest BCUT2D eigenvalue weighted by molar-refractivity contribution is 5.98. The summed E-state index contributed by atoms with van der Waals surface area (Å²) in [6, 6.07) is 5.07. The Labute approximate surface area is 104 Å². The number of aliphatic imine (C=N–C) groups is 2. The summed E-state index contributed by atoms with van der Waals surface area (Å²) in [5.41, 5.74) is 17.4. The van der Waals surface area contributed by atoms with Gasteiger partial charge in [-0.05, 0) is 19.1 Å². The minimum absolute atomic E-state index is 0.135. The first-order chi connectivity index (χ1) is 8.43. The van der Waals surface area contributed by atoms with Crippen LogP contribution in [0.5, 0.6) is 0 Å². The Hall–Kier alpha value is -2.57. The van der Waals surface area contributed by atoms with Crippen molar-refractivity contribution in [2.75, 3.05) is 7.11 Å². The number of hydrogen-bond acceptors (Lipinski definition) is 3. The third-order valence-electron chi connectivity index (χ3n) is 2.04. The predicted octanol–water partition coefficient (Wildman–Crippen LogP) is 0.00122. The molecule has 0 fully saturated rings. The number of carbonyl (C=O) groups is 1. The maximum Gasteiger partial charge on any atom is 0.340 e. The second kappa shape index (κ2) is 5.67. The van der Waals surface area contributed by atoms with Gasteiger partial charge in [-0.25, -0.2) is 9.79 Å². The number of benzene rings is 1. The fourth-order valence-corrected chi connectivity index (χ4v) is 1.30. The summed E-state index contributed by atoms with van der Waals surface area (Å²) < 4.78 is 4.66. The summed E-state index contributed by atoms with van der Waals surface area (Å²) in [6.07, 6.45) is 0. The SMILES string of the molecule is COC(=O)c1cc(C)ccc1N=C(N)N=C(N)N. The van der Waals surface area contributed by atoms with E-state index in [1.165, 1.54) is 7.11 Å². The molecule has 0 bridgehead atoms. The average molecular weight is 249 g/mol. The van der Waals surface area contributed by atoms with Crippen LogP contribution in [0.4, 0.5) is 5.69 Å². The molecule has 7 heteroatoms. The molecule has 1 aromatic carbocycles. The number of methoxy groups -OCH3 is 1. The van der Waals surface area contributed by atoms with E-state index in [2.05, 4.69) is 14.7 Å². The van der Waals surface area contributed by atoms with Crippen LogP contribution in [0.15, 0.2) is 28.2 Å². The standard InChI is InChI=1S/C11H15N5O2/c1-6-3-4-8(7(5-6)9(17)18-2)15-11(14)16-10(12)13/h3-5H,1-2H3,(H6,12,13,14,15,16). The molecule has 0 aliphatic rings. The van der Waals surface area contributed by atoms with Crippen LogP contribution in [0, 0.1) is 6.92 Å². The minimum Gasteiger partial charge on any atom is -0.465 e. The molecule has 0 amide bonds. The van der Waals surface area contributed by atoms with E-state index >= 15 is 0 Å². The first-order valence-electron chi connectivity index (χ1n) is 5.06. The van der Waals surface area contributed by atoms with Crippen molar-refractivity contribution in [1.29, 1.82) is 0 Å². The van der Waals surface area contributed by atoms with Gasteiger partial charge in [-0.3, -0.25) is 0 Å². The fraction of sp³-hybridized carbons (Fsp3) is 0.182. The van der Waals surface area contributed by atoms with E-state index in [4.69, 9.17) is 17.2 Å². The third kappa shape index (κ3) is 3.48. The summed E-state index contributed by atoms with van der Waals surface area (Å²) >= 11 is 0. The summed E-state index contributed by atoms with van der Waals surface area (Å²) in [4.78, 5) is 19.1. The molecule has 0 saturated heterocycles. The van der Waals surface area contributed by atoms with Crippen LogP contribution in [0.1, 0.15) is 15.9 Å². The smallest absolute Gasteiger partial charge is 0.340 e. The zero-order valence-electron chi connectivity index (χ0n) is 10.2.